The maximum Gasteiger partial charge on any atom is 0.0372 e. The quantitative estimate of drug-likeness (QED) is 0.848. The minimum atomic E-state index is 1.01. The zero-order valence-electron chi connectivity index (χ0n) is 12.4. The van der Waals surface area contributed by atoms with Crippen LogP contribution in [0.2, 0.25) is 0 Å². The summed E-state index contributed by atoms with van der Waals surface area (Å²) in [4.78, 5) is 2.73. The lowest BCUT2D eigenvalue weighted by Gasteiger charge is -2.24. The number of nitrogens with one attached hydrogen (secondary N) is 1. The number of rotatable bonds is 6. The second-order valence-corrected chi connectivity index (χ2v) is 7.10. The van der Waals surface area contributed by atoms with Gasteiger partial charge in [0, 0.05) is 31.9 Å². The van der Waals surface area contributed by atoms with E-state index in [-0.39, 0.29) is 0 Å². The van der Waals surface area contributed by atoms with Crippen molar-refractivity contribution in [3.05, 3.63) is 29.3 Å². The van der Waals surface area contributed by atoms with Crippen LogP contribution in [0.25, 0.3) is 0 Å². The first kappa shape index (κ1) is 12.7. The Morgan fingerprint density at radius 2 is 1.80 bits per heavy atom. The largest absolute Gasteiger partial charge is 0.385 e. The molecule has 2 aliphatic carbocycles. The van der Waals surface area contributed by atoms with E-state index in [1.165, 1.54) is 75.0 Å². The minimum absolute atomic E-state index is 1.01. The number of fused-ring (bicyclic) bond motifs is 1. The molecular weight excluding hydrogens is 244 g/mol. The third-order valence-corrected chi connectivity index (χ3v) is 4.94. The molecule has 0 radical (unpaired) electrons. The molecule has 0 saturated heterocycles. The summed E-state index contributed by atoms with van der Waals surface area (Å²) in [6.45, 7) is 4.99. The van der Waals surface area contributed by atoms with Crippen LogP contribution < -0.4 is 5.32 Å². The molecular formula is C18H26N2. The van der Waals surface area contributed by atoms with Gasteiger partial charge in [0.15, 0.2) is 0 Å². The molecule has 1 heterocycles. The number of benzene rings is 1. The first-order valence-electron chi connectivity index (χ1n) is 8.45. The van der Waals surface area contributed by atoms with Crippen LogP contribution in [-0.4, -0.2) is 24.5 Å². The van der Waals surface area contributed by atoms with Crippen LogP contribution in [0.1, 0.15) is 43.2 Å². The summed E-state index contributed by atoms with van der Waals surface area (Å²) in [5.74, 6) is 2.01. The van der Waals surface area contributed by atoms with Gasteiger partial charge in [-0.15, -0.1) is 0 Å². The monoisotopic (exact) mass is 270 g/mol. The van der Waals surface area contributed by atoms with Crippen molar-refractivity contribution in [1.82, 2.24) is 4.90 Å². The molecule has 2 nitrogen and oxygen atoms in total. The van der Waals surface area contributed by atoms with Gasteiger partial charge in [0.2, 0.25) is 0 Å². The van der Waals surface area contributed by atoms with Crippen molar-refractivity contribution in [1.29, 1.82) is 0 Å². The lowest BCUT2D eigenvalue weighted by Crippen LogP contribution is -2.28. The Morgan fingerprint density at radius 1 is 1.05 bits per heavy atom. The standard InChI is InChI=1S/C18H26N2/c1-2-17-10-16(7-8-18(17)19-9-1)13-20(11-14-3-4-14)12-15-5-6-15/h7-8,10,14-15,19H,1-6,9,11-13H2. The summed E-state index contributed by atoms with van der Waals surface area (Å²) in [6, 6.07) is 7.09. The molecule has 20 heavy (non-hydrogen) atoms. The van der Waals surface area contributed by atoms with Crippen LogP contribution >= 0.6 is 0 Å². The highest BCUT2D eigenvalue weighted by molar-refractivity contribution is 5.54. The zero-order valence-corrected chi connectivity index (χ0v) is 12.4. The smallest absolute Gasteiger partial charge is 0.0372 e. The van der Waals surface area contributed by atoms with E-state index in [1.54, 1.807) is 0 Å². The van der Waals surface area contributed by atoms with E-state index in [0.29, 0.717) is 0 Å². The average molecular weight is 270 g/mol. The number of hydrogen-bond donors (Lipinski definition) is 1. The van der Waals surface area contributed by atoms with Gasteiger partial charge < -0.3 is 5.32 Å². The van der Waals surface area contributed by atoms with Crippen molar-refractivity contribution in [3.8, 4) is 0 Å². The van der Waals surface area contributed by atoms with E-state index in [0.717, 1.165) is 18.4 Å². The maximum atomic E-state index is 3.51. The van der Waals surface area contributed by atoms with Gasteiger partial charge in [0.05, 0.1) is 0 Å². The molecule has 4 rings (SSSR count). The van der Waals surface area contributed by atoms with Gasteiger partial charge >= 0.3 is 0 Å². The SMILES string of the molecule is c1cc2c(cc1CN(CC1CC1)CC1CC1)CCCN2. The molecule has 0 unspecified atom stereocenters. The molecule has 2 heteroatoms. The fourth-order valence-electron chi connectivity index (χ4n) is 3.42. The van der Waals surface area contributed by atoms with E-state index in [2.05, 4.69) is 28.4 Å². The van der Waals surface area contributed by atoms with Crippen molar-refractivity contribution in [2.45, 2.75) is 45.1 Å². The summed E-state index contributed by atoms with van der Waals surface area (Å²) < 4.78 is 0. The van der Waals surface area contributed by atoms with Crippen molar-refractivity contribution in [2.75, 3.05) is 25.0 Å². The van der Waals surface area contributed by atoms with Crippen molar-refractivity contribution in [3.63, 3.8) is 0 Å². The maximum absolute atomic E-state index is 3.51. The van der Waals surface area contributed by atoms with Gasteiger partial charge in [-0.25, -0.2) is 0 Å². The van der Waals surface area contributed by atoms with Crippen LogP contribution in [-0.2, 0) is 13.0 Å². The van der Waals surface area contributed by atoms with Crippen molar-refractivity contribution in [2.24, 2.45) is 11.8 Å². The molecule has 0 amide bonds. The summed E-state index contributed by atoms with van der Waals surface area (Å²) in [7, 11) is 0. The van der Waals surface area contributed by atoms with E-state index >= 15 is 0 Å². The predicted octanol–water partition coefficient (Wildman–Crippen LogP) is 3.67. The normalized spacial score (nSPS) is 21.6. The van der Waals surface area contributed by atoms with Gasteiger partial charge in [0.25, 0.3) is 0 Å². The third kappa shape index (κ3) is 3.17. The van der Waals surface area contributed by atoms with Crippen LogP contribution in [0.4, 0.5) is 5.69 Å². The molecule has 0 spiro atoms. The summed E-state index contributed by atoms with van der Waals surface area (Å²) in [6.07, 6.45) is 8.40. The molecule has 2 saturated carbocycles. The molecule has 1 aromatic rings. The first-order chi connectivity index (χ1) is 9.87. The fourth-order valence-corrected chi connectivity index (χ4v) is 3.42. The summed E-state index contributed by atoms with van der Waals surface area (Å²) in [5, 5.41) is 3.51. The third-order valence-electron chi connectivity index (χ3n) is 4.94. The molecule has 108 valence electrons. The van der Waals surface area contributed by atoms with Gasteiger partial charge in [0.1, 0.15) is 0 Å². The molecule has 1 aliphatic heterocycles. The van der Waals surface area contributed by atoms with Gasteiger partial charge in [-0.3, -0.25) is 4.90 Å². The van der Waals surface area contributed by atoms with E-state index in [1.807, 2.05) is 0 Å². The molecule has 0 bridgehead atoms. The average Bonchev–Trinajstić information content (AvgIpc) is 3.35. The topological polar surface area (TPSA) is 15.3 Å². The van der Waals surface area contributed by atoms with Gasteiger partial charge in [-0.1, -0.05) is 12.1 Å². The Balaban J connectivity index is 1.44. The van der Waals surface area contributed by atoms with E-state index in [4.69, 9.17) is 0 Å². The van der Waals surface area contributed by atoms with Crippen molar-refractivity contribution >= 4 is 5.69 Å². The summed E-state index contributed by atoms with van der Waals surface area (Å²) >= 11 is 0. The number of nitrogens with zero attached hydrogens (tertiary/aromatic N) is 1. The van der Waals surface area contributed by atoms with Gasteiger partial charge in [-0.05, 0) is 67.6 Å². The lowest BCUT2D eigenvalue weighted by molar-refractivity contribution is 0.244. The van der Waals surface area contributed by atoms with Gasteiger partial charge in [-0.2, -0.15) is 0 Å². The molecule has 3 aliphatic rings. The highest BCUT2D eigenvalue weighted by Crippen LogP contribution is 2.34. The Labute approximate surface area is 122 Å². The number of hydrogen-bond acceptors (Lipinski definition) is 2. The molecule has 1 aromatic carbocycles. The Bertz CT molecular complexity index is 460. The fraction of sp³-hybridized carbons (Fsp3) is 0.667. The van der Waals surface area contributed by atoms with E-state index in [9.17, 15) is 0 Å². The minimum Gasteiger partial charge on any atom is -0.385 e. The van der Waals surface area contributed by atoms with E-state index < -0.39 is 0 Å². The predicted molar refractivity (Wildman–Crippen MR) is 84.0 cm³/mol. The zero-order chi connectivity index (χ0) is 13.4. The molecule has 2 fully saturated rings. The Kier molecular flexibility index (Phi) is 3.43. The Morgan fingerprint density at radius 3 is 2.50 bits per heavy atom. The lowest BCUT2D eigenvalue weighted by atomic mass is 10.0. The number of anilines is 1. The highest BCUT2D eigenvalue weighted by Gasteiger charge is 2.29. The molecule has 0 aromatic heterocycles. The first-order valence-corrected chi connectivity index (χ1v) is 8.45. The van der Waals surface area contributed by atoms with Crippen LogP contribution in [0, 0.1) is 11.8 Å². The van der Waals surface area contributed by atoms with Crippen molar-refractivity contribution < 1.29 is 0 Å². The highest BCUT2D eigenvalue weighted by atomic mass is 15.1. The second kappa shape index (κ2) is 5.40. The van der Waals surface area contributed by atoms with Crippen LogP contribution in [0.5, 0.6) is 0 Å². The molecule has 0 atom stereocenters. The van der Waals surface area contributed by atoms with Crippen LogP contribution in [0.15, 0.2) is 18.2 Å². The van der Waals surface area contributed by atoms with Crippen LogP contribution in [0.3, 0.4) is 0 Å². The summed E-state index contributed by atoms with van der Waals surface area (Å²) in [5.41, 5.74) is 4.43. The number of aryl methyl sites for hydroxylation is 1. The Hall–Kier alpha value is -1.02. The molecule has 1 N–H and O–H groups in total. The second-order valence-electron chi connectivity index (χ2n) is 7.10.